The van der Waals surface area contributed by atoms with Crippen LogP contribution in [0.1, 0.15) is 46.0 Å². The predicted molar refractivity (Wildman–Crippen MR) is 69.3 cm³/mol. The minimum Gasteiger partial charge on any atom is -0.328 e. The third kappa shape index (κ3) is 3.21. The van der Waals surface area contributed by atoms with Crippen LogP contribution in [0.25, 0.3) is 0 Å². The molecule has 0 aromatic heterocycles. The minimum absolute atomic E-state index is 0.498. The standard InChI is InChI=1S/C14H28N2/c1-11(2)13-7-8-16(10-13)9-12-3-5-14(15)6-4-12/h11-14H,3-10,15H2,1-2H3. The van der Waals surface area contributed by atoms with E-state index in [1.54, 1.807) is 0 Å². The van der Waals surface area contributed by atoms with Crippen molar-refractivity contribution in [3.05, 3.63) is 0 Å². The summed E-state index contributed by atoms with van der Waals surface area (Å²) in [6.45, 7) is 8.77. The summed E-state index contributed by atoms with van der Waals surface area (Å²) in [5, 5.41) is 0. The maximum absolute atomic E-state index is 5.95. The highest BCUT2D eigenvalue weighted by Crippen LogP contribution is 2.28. The van der Waals surface area contributed by atoms with Crippen molar-refractivity contribution < 1.29 is 0 Å². The summed E-state index contributed by atoms with van der Waals surface area (Å²) in [5.74, 6) is 2.75. The highest BCUT2D eigenvalue weighted by Gasteiger charge is 2.27. The van der Waals surface area contributed by atoms with E-state index in [9.17, 15) is 0 Å². The molecule has 0 amide bonds. The molecule has 0 aromatic carbocycles. The van der Waals surface area contributed by atoms with Crippen molar-refractivity contribution in [1.82, 2.24) is 4.90 Å². The lowest BCUT2D eigenvalue weighted by atomic mass is 9.86. The fraction of sp³-hybridized carbons (Fsp3) is 1.00. The molecule has 2 rings (SSSR count). The molecular weight excluding hydrogens is 196 g/mol. The van der Waals surface area contributed by atoms with E-state index in [4.69, 9.17) is 5.73 Å². The SMILES string of the molecule is CC(C)C1CCN(CC2CCC(N)CC2)C1. The van der Waals surface area contributed by atoms with Gasteiger partial charge in [0.15, 0.2) is 0 Å². The number of likely N-dealkylation sites (tertiary alicyclic amines) is 1. The average Bonchev–Trinajstić information content (AvgIpc) is 2.70. The Morgan fingerprint density at radius 2 is 1.81 bits per heavy atom. The topological polar surface area (TPSA) is 29.3 Å². The predicted octanol–water partition coefficient (Wildman–Crippen LogP) is 2.48. The monoisotopic (exact) mass is 224 g/mol. The first-order valence-electron chi connectivity index (χ1n) is 7.13. The number of hydrogen-bond acceptors (Lipinski definition) is 2. The van der Waals surface area contributed by atoms with Crippen molar-refractivity contribution in [1.29, 1.82) is 0 Å². The molecule has 2 nitrogen and oxygen atoms in total. The first-order chi connectivity index (χ1) is 7.65. The van der Waals surface area contributed by atoms with Gasteiger partial charge in [-0.25, -0.2) is 0 Å². The summed E-state index contributed by atoms with van der Waals surface area (Å²) < 4.78 is 0. The highest BCUT2D eigenvalue weighted by atomic mass is 15.1. The molecule has 1 saturated heterocycles. The van der Waals surface area contributed by atoms with E-state index in [2.05, 4.69) is 18.7 Å². The molecule has 16 heavy (non-hydrogen) atoms. The van der Waals surface area contributed by atoms with Crippen LogP contribution < -0.4 is 5.73 Å². The van der Waals surface area contributed by atoms with Crippen LogP contribution in [-0.2, 0) is 0 Å². The molecule has 2 heteroatoms. The molecule has 1 unspecified atom stereocenters. The van der Waals surface area contributed by atoms with E-state index in [-0.39, 0.29) is 0 Å². The quantitative estimate of drug-likeness (QED) is 0.798. The Morgan fingerprint density at radius 3 is 2.38 bits per heavy atom. The van der Waals surface area contributed by atoms with Crippen molar-refractivity contribution in [3.63, 3.8) is 0 Å². The minimum atomic E-state index is 0.498. The molecule has 0 radical (unpaired) electrons. The van der Waals surface area contributed by atoms with Gasteiger partial charge in [0.25, 0.3) is 0 Å². The van der Waals surface area contributed by atoms with Gasteiger partial charge < -0.3 is 10.6 Å². The Bertz CT molecular complexity index is 207. The van der Waals surface area contributed by atoms with Crippen LogP contribution >= 0.6 is 0 Å². The third-order valence-corrected chi connectivity index (χ3v) is 4.66. The molecule has 1 heterocycles. The van der Waals surface area contributed by atoms with Crippen molar-refractivity contribution in [3.8, 4) is 0 Å². The fourth-order valence-electron chi connectivity index (χ4n) is 3.31. The first-order valence-corrected chi connectivity index (χ1v) is 7.13. The molecule has 1 aliphatic carbocycles. The lowest BCUT2D eigenvalue weighted by Crippen LogP contribution is -2.33. The van der Waals surface area contributed by atoms with Gasteiger partial charge >= 0.3 is 0 Å². The van der Waals surface area contributed by atoms with Crippen molar-refractivity contribution in [2.75, 3.05) is 19.6 Å². The second-order valence-corrected chi connectivity index (χ2v) is 6.33. The summed E-state index contributed by atoms with van der Waals surface area (Å²) >= 11 is 0. The second kappa shape index (κ2) is 5.50. The van der Waals surface area contributed by atoms with E-state index >= 15 is 0 Å². The highest BCUT2D eigenvalue weighted by molar-refractivity contribution is 4.82. The Morgan fingerprint density at radius 1 is 1.12 bits per heavy atom. The molecule has 2 fully saturated rings. The van der Waals surface area contributed by atoms with Crippen molar-refractivity contribution in [2.24, 2.45) is 23.5 Å². The molecule has 94 valence electrons. The van der Waals surface area contributed by atoms with Crippen LogP contribution in [0.3, 0.4) is 0 Å². The van der Waals surface area contributed by atoms with Crippen LogP contribution in [0.5, 0.6) is 0 Å². The lowest BCUT2D eigenvalue weighted by molar-refractivity contribution is 0.214. The average molecular weight is 224 g/mol. The summed E-state index contributed by atoms with van der Waals surface area (Å²) in [6.07, 6.45) is 6.66. The second-order valence-electron chi connectivity index (χ2n) is 6.33. The number of nitrogens with two attached hydrogens (primary N) is 1. The molecule has 2 N–H and O–H groups in total. The number of nitrogens with zero attached hydrogens (tertiary/aromatic N) is 1. The summed E-state index contributed by atoms with van der Waals surface area (Å²) in [7, 11) is 0. The molecule has 0 bridgehead atoms. The summed E-state index contributed by atoms with van der Waals surface area (Å²) in [4.78, 5) is 2.70. The van der Waals surface area contributed by atoms with E-state index in [1.807, 2.05) is 0 Å². The van der Waals surface area contributed by atoms with E-state index in [0.29, 0.717) is 6.04 Å². The number of rotatable bonds is 3. The van der Waals surface area contributed by atoms with Crippen LogP contribution in [-0.4, -0.2) is 30.6 Å². The zero-order chi connectivity index (χ0) is 11.5. The van der Waals surface area contributed by atoms with E-state index in [0.717, 1.165) is 17.8 Å². The zero-order valence-electron chi connectivity index (χ0n) is 11.0. The van der Waals surface area contributed by atoms with Crippen LogP contribution in [0.4, 0.5) is 0 Å². The maximum Gasteiger partial charge on any atom is 0.00390 e. The van der Waals surface area contributed by atoms with Gasteiger partial charge in [0.05, 0.1) is 0 Å². The van der Waals surface area contributed by atoms with Gasteiger partial charge in [0.1, 0.15) is 0 Å². The lowest BCUT2D eigenvalue weighted by Gasteiger charge is -2.29. The van der Waals surface area contributed by atoms with Gasteiger partial charge in [-0.3, -0.25) is 0 Å². The molecule has 1 aliphatic heterocycles. The Kier molecular flexibility index (Phi) is 4.26. The Hall–Kier alpha value is -0.0800. The van der Waals surface area contributed by atoms with Gasteiger partial charge in [-0.05, 0) is 56.4 Å². The molecule has 1 atom stereocenters. The zero-order valence-corrected chi connectivity index (χ0v) is 11.0. The van der Waals surface area contributed by atoms with E-state index in [1.165, 1.54) is 51.7 Å². The van der Waals surface area contributed by atoms with Crippen molar-refractivity contribution >= 4 is 0 Å². The van der Waals surface area contributed by atoms with Gasteiger partial charge in [0, 0.05) is 19.1 Å². The normalized spacial score (nSPS) is 37.1. The fourth-order valence-corrected chi connectivity index (χ4v) is 3.31. The first kappa shape index (κ1) is 12.4. The Balaban J connectivity index is 1.71. The molecule has 0 spiro atoms. The third-order valence-electron chi connectivity index (χ3n) is 4.66. The Labute approximate surface area is 101 Å². The molecule has 2 aliphatic rings. The summed E-state index contributed by atoms with van der Waals surface area (Å²) in [6, 6.07) is 0.498. The molecule has 1 saturated carbocycles. The van der Waals surface area contributed by atoms with Crippen molar-refractivity contribution in [2.45, 2.75) is 52.0 Å². The van der Waals surface area contributed by atoms with Crippen LogP contribution in [0.2, 0.25) is 0 Å². The van der Waals surface area contributed by atoms with Gasteiger partial charge in [-0.2, -0.15) is 0 Å². The van der Waals surface area contributed by atoms with Gasteiger partial charge in [0.2, 0.25) is 0 Å². The summed E-state index contributed by atoms with van der Waals surface area (Å²) in [5.41, 5.74) is 5.95. The number of hydrogen-bond donors (Lipinski definition) is 1. The molecular formula is C14H28N2. The van der Waals surface area contributed by atoms with Crippen LogP contribution in [0.15, 0.2) is 0 Å². The van der Waals surface area contributed by atoms with Gasteiger partial charge in [-0.1, -0.05) is 13.8 Å². The molecule has 0 aromatic rings. The largest absolute Gasteiger partial charge is 0.328 e. The smallest absolute Gasteiger partial charge is 0.00390 e. The van der Waals surface area contributed by atoms with E-state index < -0.39 is 0 Å². The van der Waals surface area contributed by atoms with Crippen LogP contribution in [0, 0.1) is 17.8 Å². The van der Waals surface area contributed by atoms with Gasteiger partial charge in [-0.15, -0.1) is 0 Å². The maximum atomic E-state index is 5.95.